The Balaban J connectivity index is 2.14. The van der Waals surface area contributed by atoms with Crippen LogP contribution in [0.15, 0.2) is 18.3 Å². The van der Waals surface area contributed by atoms with E-state index in [1.807, 2.05) is 19.2 Å². The predicted molar refractivity (Wildman–Crippen MR) is 65.7 cm³/mol. The molecule has 1 fully saturated rings. The molecule has 0 amide bonds. The highest BCUT2D eigenvalue weighted by Gasteiger charge is 2.25. The predicted octanol–water partition coefficient (Wildman–Crippen LogP) is 2.13. The van der Waals surface area contributed by atoms with Gasteiger partial charge in [0.15, 0.2) is 0 Å². The van der Waals surface area contributed by atoms with Gasteiger partial charge in [-0.15, -0.1) is 0 Å². The molecule has 1 N–H and O–H groups in total. The average Bonchev–Trinajstić information content (AvgIpc) is 2.40. The SMILES string of the molecule is Cc1cccnc1N1CCCC(C)(O)CC1. The quantitative estimate of drug-likeness (QED) is 0.787. The number of anilines is 1. The summed E-state index contributed by atoms with van der Waals surface area (Å²) in [6.45, 7) is 5.91. The van der Waals surface area contributed by atoms with E-state index in [1.165, 1.54) is 5.56 Å². The van der Waals surface area contributed by atoms with Crippen LogP contribution in [0.2, 0.25) is 0 Å². The van der Waals surface area contributed by atoms with Crippen LogP contribution in [-0.2, 0) is 0 Å². The number of nitrogens with zero attached hydrogens (tertiary/aromatic N) is 2. The van der Waals surface area contributed by atoms with Crippen LogP contribution in [0.3, 0.4) is 0 Å². The highest BCUT2D eigenvalue weighted by Crippen LogP contribution is 2.25. The van der Waals surface area contributed by atoms with E-state index in [0.717, 1.165) is 38.2 Å². The second-order valence-corrected chi connectivity index (χ2v) is 4.98. The standard InChI is InChI=1S/C13H20N2O/c1-11-5-3-8-14-12(11)15-9-4-6-13(2,16)7-10-15/h3,5,8,16H,4,6-7,9-10H2,1-2H3. The molecule has 1 aromatic heterocycles. The molecule has 1 aromatic rings. The highest BCUT2D eigenvalue weighted by molar-refractivity contribution is 5.45. The highest BCUT2D eigenvalue weighted by atomic mass is 16.3. The maximum atomic E-state index is 10.0. The fourth-order valence-electron chi connectivity index (χ4n) is 2.28. The van der Waals surface area contributed by atoms with E-state index in [0.29, 0.717) is 0 Å². The summed E-state index contributed by atoms with van der Waals surface area (Å²) < 4.78 is 0. The van der Waals surface area contributed by atoms with Crippen molar-refractivity contribution in [3.63, 3.8) is 0 Å². The Labute approximate surface area is 97.1 Å². The Morgan fingerprint density at radius 3 is 2.94 bits per heavy atom. The molecular weight excluding hydrogens is 200 g/mol. The van der Waals surface area contributed by atoms with Crippen molar-refractivity contribution in [1.29, 1.82) is 0 Å². The van der Waals surface area contributed by atoms with E-state index in [9.17, 15) is 5.11 Å². The zero-order chi connectivity index (χ0) is 11.6. The number of aromatic nitrogens is 1. The van der Waals surface area contributed by atoms with Crippen LogP contribution in [-0.4, -0.2) is 28.8 Å². The molecule has 2 heterocycles. The van der Waals surface area contributed by atoms with Crippen LogP contribution >= 0.6 is 0 Å². The Hall–Kier alpha value is -1.09. The first-order valence-electron chi connectivity index (χ1n) is 5.97. The van der Waals surface area contributed by atoms with Crippen molar-refractivity contribution in [2.75, 3.05) is 18.0 Å². The number of rotatable bonds is 1. The second kappa shape index (κ2) is 4.42. The summed E-state index contributed by atoms with van der Waals surface area (Å²) in [7, 11) is 0. The maximum Gasteiger partial charge on any atom is 0.131 e. The molecule has 0 radical (unpaired) electrons. The lowest BCUT2D eigenvalue weighted by atomic mass is 9.98. The Morgan fingerprint density at radius 1 is 1.38 bits per heavy atom. The van der Waals surface area contributed by atoms with E-state index in [4.69, 9.17) is 0 Å². The summed E-state index contributed by atoms with van der Waals surface area (Å²) in [5.74, 6) is 1.07. The Morgan fingerprint density at radius 2 is 2.19 bits per heavy atom. The lowest BCUT2D eigenvalue weighted by Gasteiger charge is -2.24. The largest absolute Gasteiger partial charge is 0.390 e. The van der Waals surface area contributed by atoms with Gasteiger partial charge in [0, 0.05) is 19.3 Å². The van der Waals surface area contributed by atoms with Gasteiger partial charge in [-0.05, 0) is 44.7 Å². The van der Waals surface area contributed by atoms with Gasteiger partial charge in [-0.3, -0.25) is 0 Å². The first-order chi connectivity index (χ1) is 7.58. The number of hydrogen-bond donors (Lipinski definition) is 1. The van der Waals surface area contributed by atoms with Crippen LogP contribution in [0.25, 0.3) is 0 Å². The van der Waals surface area contributed by atoms with E-state index in [-0.39, 0.29) is 0 Å². The molecule has 3 heteroatoms. The molecule has 88 valence electrons. The van der Waals surface area contributed by atoms with Crippen molar-refractivity contribution in [1.82, 2.24) is 4.98 Å². The van der Waals surface area contributed by atoms with Crippen molar-refractivity contribution in [2.24, 2.45) is 0 Å². The fourth-order valence-corrected chi connectivity index (χ4v) is 2.28. The van der Waals surface area contributed by atoms with Crippen LogP contribution in [0, 0.1) is 6.92 Å². The van der Waals surface area contributed by atoms with Crippen molar-refractivity contribution in [3.05, 3.63) is 23.9 Å². The topological polar surface area (TPSA) is 36.4 Å². The van der Waals surface area contributed by atoms with Gasteiger partial charge >= 0.3 is 0 Å². The maximum absolute atomic E-state index is 10.0. The van der Waals surface area contributed by atoms with Crippen LogP contribution in [0.1, 0.15) is 31.7 Å². The molecule has 1 atom stereocenters. The Kier molecular flexibility index (Phi) is 3.15. The minimum Gasteiger partial charge on any atom is -0.390 e. The molecule has 1 unspecified atom stereocenters. The van der Waals surface area contributed by atoms with Crippen molar-refractivity contribution < 1.29 is 5.11 Å². The van der Waals surface area contributed by atoms with Crippen molar-refractivity contribution in [3.8, 4) is 0 Å². The van der Waals surface area contributed by atoms with Gasteiger partial charge in [0.25, 0.3) is 0 Å². The first kappa shape index (κ1) is 11.4. The normalized spacial score (nSPS) is 26.6. The monoisotopic (exact) mass is 220 g/mol. The van der Waals surface area contributed by atoms with Crippen LogP contribution < -0.4 is 4.90 Å². The van der Waals surface area contributed by atoms with Gasteiger partial charge in [0.05, 0.1) is 5.60 Å². The number of hydrogen-bond acceptors (Lipinski definition) is 3. The number of aryl methyl sites for hydroxylation is 1. The summed E-state index contributed by atoms with van der Waals surface area (Å²) in [5.41, 5.74) is 0.710. The zero-order valence-electron chi connectivity index (χ0n) is 10.1. The average molecular weight is 220 g/mol. The van der Waals surface area contributed by atoms with Crippen LogP contribution in [0.5, 0.6) is 0 Å². The van der Waals surface area contributed by atoms with Gasteiger partial charge in [-0.1, -0.05) is 6.07 Å². The molecule has 0 aromatic carbocycles. The number of aliphatic hydroxyl groups is 1. The number of pyridine rings is 1. The summed E-state index contributed by atoms with van der Waals surface area (Å²) in [5, 5.41) is 10.0. The van der Waals surface area contributed by atoms with Crippen molar-refractivity contribution in [2.45, 2.75) is 38.7 Å². The lowest BCUT2D eigenvalue weighted by Crippen LogP contribution is -2.29. The van der Waals surface area contributed by atoms with E-state index >= 15 is 0 Å². The van der Waals surface area contributed by atoms with Gasteiger partial charge in [0.1, 0.15) is 5.82 Å². The van der Waals surface area contributed by atoms with Gasteiger partial charge < -0.3 is 10.0 Å². The molecule has 0 saturated carbocycles. The third-order valence-electron chi connectivity index (χ3n) is 3.35. The Bertz CT molecular complexity index is 363. The van der Waals surface area contributed by atoms with E-state index in [2.05, 4.69) is 22.9 Å². The third kappa shape index (κ3) is 2.53. The molecule has 1 aliphatic rings. The fraction of sp³-hybridized carbons (Fsp3) is 0.615. The minimum atomic E-state index is -0.503. The molecular formula is C13H20N2O. The molecule has 0 aliphatic carbocycles. The van der Waals surface area contributed by atoms with E-state index < -0.39 is 5.60 Å². The van der Waals surface area contributed by atoms with E-state index in [1.54, 1.807) is 0 Å². The second-order valence-electron chi connectivity index (χ2n) is 4.98. The van der Waals surface area contributed by atoms with Crippen molar-refractivity contribution >= 4 is 5.82 Å². The zero-order valence-corrected chi connectivity index (χ0v) is 10.1. The molecule has 0 spiro atoms. The van der Waals surface area contributed by atoms with Gasteiger partial charge in [-0.2, -0.15) is 0 Å². The molecule has 2 rings (SSSR count). The molecule has 1 aliphatic heterocycles. The summed E-state index contributed by atoms with van der Waals surface area (Å²) in [6, 6.07) is 4.05. The minimum absolute atomic E-state index is 0.503. The molecule has 3 nitrogen and oxygen atoms in total. The smallest absolute Gasteiger partial charge is 0.131 e. The third-order valence-corrected chi connectivity index (χ3v) is 3.35. The molecule has 0 bridgehead atoms. The van der Waals surface area contributed by atoms with Gasteiger partial charge in [-0.25, -0.2) is 4.98 Å². The van der Waals surface area contributed by atoms with Gasteiger partial charge in [0.2, 0.25) is 0 Å². The first-order valence-corrected chi connectivity index (χ1v) is 5.97. The van der Waals surface area contributed by atoms with Crippen LogP contribution in [0.4, 0.5) is 5.82 Å². The molecule has 16 heavy (non-hydrogen) atoms. The summed E-state index contributed by atoms with van der Waals surface area (Å²) in [4.78, 5) is 6.72. The molecule has 1 saturated heterocycles. The summed E-state index contributed by atoms with van der Waals surface area (Å²) in [6.07, 6.45) is 4.58. The lowest BCUT2D eigenvalue weighted by molar-refractivity contribution is 0.0481. The summed E-state index contributed by atoms with van der Waals surface area (Å²) >= 11 is 0.